The number of hydrogen-bond donors (Lipinski definition) is 0. The molecule has 0 aliphatic carbocycles. The molecule has 0 saturated heterocycles. The molecule has 22 heavy (non-hydrogen) atoms. The lowest BCUT2D eigenvalue weighted by Crippen LogP contribution is -3.00. The second kappa shape index (κ2) is 7.70. The Balaban J connectivity index is 0.00000176. The van der Waals surface area contributed by atoms with Crippen LogP contribution in [0.4, 0.5) is 0 Å². The summed E-state index contributed by atoms with van der Waals surface area (Å²) in [7, 11) is 0. The zero-order valence-electron chi connectivity index (χ0n) is 11.8. The van der Waals surface area contributed by atoms with Gasteiger partial charge in [-0.3, -0.25) is 0 Å². The molecule has 0 saturated carbocycles. The van der Waals surface area contributed by atoms with Gasteiger partial charge in [0.15, 0.2) is 0 Å². The van der Waals surface area contributed by atoms with Gasteiger partial charge in [-0.25, -0.2) is 4.42 Å². The van der Waals surface area contributed by atoms with Crippen LogP contribution in [-0.2, 0) is 0 Å². The summed E-state index contributed by atoms with van der Waals surface area (Å²) in [6.07, 6.45) is 0. The second-order valence-electron chi connectivity index (χ2n) is 4.84. The van der Waals surface area contributed by atoms with Crippen LogP contribution in [0.1, 0.15) is 5.76 Å². The Kier molecular flexibility index (Phi) is 6.17. The highest BCUT2D eigenvalue weighted by molar-refractivity contribution is 9.10. The smallest absolute Gasteiger partial charge is 0.360 e. The van der Waals surface area contributed by atoms with E-state index < -0.39 is 0 Å². The van der Waals surface area contributed by atoms with E-state index in [1.165, 1.54) is 5.56 Å². The highest BCUT2D eigenvalue weighted by Gasteiger charge is 2.16. The second-order valence-corrected chi connectivity index (χ2v) is 6.67. The maximum atomic E-state index is 5.88. The van der Waals surface area contributed by atoms with Gasteiger partial charge in [0.2, 0.25) is 0 Å². The van der Waals surface area contributed by atoms with Crippen molar-refractivity contribution < 1.29 is 28.4 Å². The summed E-state index contributed by atoms with van der Waals surface area (Å²) in [5.41, 5.74) is 3.37. The average molecular weight is 532 g/mol. The zero-order chi connectivity index (χ0) is 14.8. The molecule has 1 heterocycles. The first kappa shape index (κ1) is 17.6. The number of halogens is 3. The molecule has 0 aliphatic heterocycles. The quantitative estimate of drug-likeness (QED) is 0.362. The summed E-state index contributed by atoms with van der Waals surface area (Å²) in [6, 6.07) is 20.5. The van der Waals surface area contributed by atoms with Crippen LogP contribution >= 0.6 is 31.9 Å². The Labute approximate surface area is 164 Å². The first-order valence-corrected chi connectivity index (χ1v) is 8.17. The van der Waals surface area contributed by atoms with Crippen LogP contribution in [0.5, 0.6) is 0 Å². The van der Waals surface area contributed by atoms with E-state index in [0.29, 0.717) is 0 Å². The van der Waals surface area contributed by atoms with E-state index in [4.69, 9.17) is 4.42 Å². The van der Waals surface area contributed by atoms with Gasteiger partial charge in [0.1, 0.15) is 0 Å². The molecular weight excluding hydrogens is 519 g/mol. The Bertz CT molecular complexity index is 739. The summed E-state index contributed by atoms with van der Waals surface area (Å²) in [5, 5.41) is 0. The molecule has 112 valence electrons. The van der Waals surface area contributed by atoms with Crippen LogP contribution in [0.2, 0.25) is 0 Å². The Morgan fingerprint density at radius 1 is 0.727 bits per heavy atom. The summed E-state index contributed by atoms with van der Waals surface area (Å²) in [4.78, 5) is 0. The molecule has 0 unspecified atom stereocenters. The van der Waals surface area contributed by atoms with E-state index in [-0.39, 0.29) is 24.0 Å². The van der Waals surface area contributed by atoms with Crippen LogP contribution in [0, 0.1) is 6.92 Å². The summed E-state index contributed by atoms with van der Waals surface area (Å²) < 4.78 is 7.99. The first-order chi connectivity index (χ1) is 10.1. The molecule has 0 atom stereocenters. The van der Waals surface area contributed by atoms with Crippen molar-refractivity contribution in [1.82, 2.24) is 0 Å². The SMILES string of the molecule is Cc1cc(-c2cccc(Br)c2)cc(-c2cccc(Br)c2)[o+]1.[I-]. The summed E-state index contributed by atoms with van der Waals surface area (Å²) in [6.45, 7) is 1.98. The molecular formula is C18H13Br2IO. The fourth-order valence-corrected chi connectivity index (χ4v) is 3.05. The van der Waals surface area contributed by atoms with Gasteiger partial charge in [-0.2, -0.15) is 0 Å². The molecule has 3 rings (SSSR count). The first-order valence-electron chi connectivity index (χ1n) is 6.58. The van der Waals surface area contributed by atoms with Crippen LogP contribution in [0.25, 0.3) is 22.5 Å². The van der Waals surface area contributed by atoms with E-state index in [1.54, 1.807) is 0 Å². The zero-order valence-corrected chi connectivity index (χ0v) is 17.1. The Morgan fingerprint density at radius 2 is 1.32 bits per heavy atom. The van der Waals surface area contributed by atoms with Gasteiger partial charge < -0.3 is 24.0 Å². The molecule has 1 aromatic heterocycles. The molecule has 2 aromatic carbocycles. The van der Waals surface area contributed by atoms with Gasteiger partial charge in [0.25, 0.3) is 0 Å². The van der Waals surface area contributed by atoms with Crippen LogP contribution in [-0.4, -0.2) is 0 Å². The van der Waals surface area contributed by atoms with Crippen molar-refractivity contribution in [2.75, 3.05) is 0 Å². The standard InChI is InChI=1S/C18H13Br2O.HI/c1-12-8-15(13-4-2-6-16(19)9-13)11-18(21-12)14-5-3-7-17(20)10-14;/h2-11H,1H3;1H/q+1;/p-1. The molecule has 0 fully saturated rings. The van der Waals surface area contributed by atoms with Crippen molar-refractivity contribution in [3.05, 3.63) is 75.4 Å². The monoisotopic (exact) mass is 530 g/mol. The third-order valence-corrected chi connectivity index (χ3v) is 4.17. The third-order valence-electron chi connectivity index (χ3n) is 3.18. The average Bonchev–Trinajstić information content (AvgIpc) is 2.46. The molecule has 1 nitrogen and oxygen atoms in total. The third kappa shape index (κ3) is 4.18. The molecule has 0 radical (unpaired) electrons. The van der Waals surface area contributed by atoms with Gasteiger partial charge in [-0.05, 0) is 35.9 Å². The fraction of sp³-hybridized carbons (Fsp3) is 0.0556. The van der Waals surface area contributed by atoms with Gasteiger partial charge in [-0.15, -0.1) is 0 Å². The Hall–Kier alpha value is -0.720. The fourth-order valence-electron chi connectivity index (χ4n) is 2.25. The lowest BCUT2D eigenvalue weighted by molar-refractivity contribution is -0.00000457. The van der Waals surface area contributed by atoms with Crippen molar-refractivity contribution in [2.24, 2.45) is 0 Å². The maximum absolute atomic E-state index is 5.88. The highest BCUT2D eigenvalue weighted by atomic mass is 127. The largest absolute Gasteiger partial charge is 1.00 e. The topological polar surface area (TPSA) is 11.3 Å². The molecule has 3 aromatic rings. The lowest BCUT2D eigenvalue weighted by Gasteiger charge is -2.02. The number of aryl methyl sites for hydroxylation is 1. The molecule has 0 N–H and O–H groups in total. The van der Waals surface area contributed by atoms with E-state index in [1.807, 2.05) is 37.3 Å². The minimum absolute atomic E-state index is 0. The van der Waals surface area contributed by atoms with Crippen LogP contribution < -0.4 is 24.0 Å². The predicted molar refractivity (Wildman–Crippen MR) is 94.1 cm³/mol. The minimum Gasteiger partial charge on any atom is -1.00 e. The molecule has 0 amide bonds. The highest BCUT2D eigenvalue weighted by Crippen LogP contribution is 2.30. The van der Waals surface area contributed by atoms with Gasteiger partial charge in [-0.1, -0.05) is 50.1 Å². The lowest BCUT2D eigenvalue weighted by atomic mass is 10.0. The maximum Gasteiger partial charge on any atom is 0.360 e. The molecule has 0 aliphatic rings. The van der Waals surface area contributed by atoms with Crippen LogP contribution in [0.3, 0.4) is 0 Å². The van der Waals surface area contributed by atoms with Crippen molar-refractivity contribution in [3.63, 3.8) is 0 Å². The minimum atomic E-state index is 0. The van der Waals surface area contributed by atoms with E-state index >= 15 is 0 Å². The number of rotatable bonds is 2. The van der Waals surface area contributed by atoms with Crippen molar-refractivity contribution in [2.45, 2.75) is 6.92 Å². The number of benzene rings is 2. The van der Waals surface area contributed by atoms with Crippen molar-refractivity contribution in [1.29, 1.82) is 0 Å². The van der Waals surface area contributed by atoms with Crippen molar-refractivity contribution >= 4 is 31.9 Å². The van der Waals surface area contributed by atoms with Gasteiger partial charge >= 0.3 is 11.5 Å². The van der Waals surface area contributed by atoms with Crippen LogP contribution in [0.15, 0.2) is 74.0 Å². The van der Waals surface area contributed by atoms with E-state index in [2.05, 4.69) is 62.2 Å². The summed E-state index contributed by atoms with van der Waals surface area (Å²) >= 11 is 7.02. The molecule has 0 bridgehead atoms. The van der Waals surface area contributed by atoms with Gasteiger partial charge in [0, 0.05) is 20.6 Å². The van der Waals surface area contributed by atoms with E-state index in [0.717, 1.165) is 31.6 Å². The Morgan fingerprint density at radius 3 is 1.95 bits per heavy atom. The van der Waals surface area contributed by atoms with E-state index in [9.17, 15) is 0 Å². The van der Waals surface area contributed by atoms with Gasteiger partial charge in [0.05, 0.1) is 18.6 Å². The number of hydrogen-bond acceptors (Lipinski definition) is 0. The molecule has 4 heteroatoms. The summed E-state index contributed by atoms with van der Waals surface area (Å²) in [5.74, 6) is 1.76. The predicted octanol–water partition coefficient (Wildman–Crippen LogP) is 3.73. The normalized spacial score (nSPS) is 10.1. The van der Waals surface area contributed by atoms with Crippen molar-refractivity contribution in [3.8, 4) is 22.5 Å². The molecule has 0 spiro atoms.